The lowest BCUT2D eigenvalue weighted by Crippen LogP contribution is -2.41. The molecule has 6 heteroatoms. The van der Waals surface area contributed by atoms with Gasteiger partial charge >= 0.3 is 0 Å². The molecule has 0 aromatic heterocycles. The van der Waals surface area contributed by atoms with Crippen LogP contribution in [0.4, 0.5) is 5.69 Å². The van der Waals surface area contributed by atoms with Crippen molar-refractivity contribution in [3.63, 3.8) is 0 Å². The molecule has 1 amide bonds. The van der Waals surface area contributed by atoms with Crippen molar-refractivity contribution in [2.75, 3.05) is 12.0 Å². The number of hydrogen-bond acceptors (Lipinski definition) is 3. The van der Waals surface area contributed by atoms with E-state index in [1.165, 1.54) is 0 Å². The third-order valence-corrected chi connectivity index (χ3v) is 7.23. The van der Waals surface area contributed by atoms with Crippen molar-refractivity contribution < 1.29 is 14.3 Å². The molecule has 2 atom stereocenters. The van der Waals surface area contributed by atoms with E-state index in [0.29, 0.717) is 34.2 Å². The van der Waals surface area contributed by atoms with E-state index in [9.17, 15) is 9.59 Å². The number of methoxy groups -OCH3 is 1. The van der Waals surface area contributed by atoms with E-state index in [0.717, 1.165) is 22.5 Å². The van der Waals surface area contributed by atoms with Crippen LogP contribution in [0.1, 0.15) is 42.2 Å². The molecule has 1 aliphatic heterocycles. The van der Waals surface area contributed by atoms with Gasteiger partial charge in [0.05, 0.1) is 7.11 Å². The zero-order chi connectivity index (χ0) is 23.8. The molecular weight excluding hydrogens is 469 g/mol. The monoisotopic (exact) mass is 491 g/mol. The third kappa shape index (κ3) is 4.13. The van der Waals surface area contributed by atoms with E-state index in [1.54, 1.807) is 24.1 Å². The van der Waals surface area contributed by atoms with Crippen molar-refractivity contribution in [3.05, 3.63) is 105 Å². The van der Waals surface area contributed by atoms with Gasteiger partial charge in [0.2, 0.25) is 5.91 Å². The van der Waals surface area contributed by atoms with Gasteiger partial charge in [-0.1, -0.05) is 59.6 Å². The molecule has 1 aliphatic carbocycles. The summed E-state index contributed by atoms with van der Waals surface area (Å²) in [6, 6.07) is 22.6. The third-order valence-electron chi connectivity index (χ3n) is 6.67. The molecular formula is C28H23Cl2NO3. The zero-order valence-corrected chi connectivity index (χ0v) is 20.1. The zero-order valence-electron chi connectivity index (χ0n) is 18.6. The van der Waals surface area contributed by atoms with E-state index in [1.807, 2.05) is 60.7 Å². The quantitative estimate of drug-likeness (QED) is 0.397. The Morgan fingerprint density at radius 3 is 2.29 bits per heavy atom. The number of nitrogens with zero attached hydrogens (tertiary/aromatic N) is 1. The SMILES string of the molecule is COc1ccc(N2C(=O)CC(c3ccc(Cl)cc3Cl)C3=C2CC(c2ccccc2)CC3=O)cc1. The minimum atomic E-state index is -0.397. The molecule has 0 spiro atoms. The largest absolute Gasteiger partial charge is 0.497 e. The van der Waals surface area contributed by atoms with E-state index in [4.69, 9.17) is 27.9 Å². The molecule has 0 bridgehead atoms. The van der Waals surface area contributed by atoms with Crippen LogP contribution in [0.2, 0.25) is 10.0 Å². The lowest BCUT2D eigenvalue weighted by molar-refractivity contribution is -0.120. The van der Waals surface area contributed by atoms with Gasteiger partial charge in [0.25, 0.3) is 0 Å². The number of allylic oxidation sites excluding steroid dienone is 2. The maximum absolute atomic E-state index is 13.7. The molecule has 0 fully saturated rings. The van der Waals surface area contributed by atoms with Gasteiger partial charge in [0, 0.05) is 45.8 Å². The number of carbonyl (C=O) groups excluding carboxylic acids is 2. The number of rotatable bonds is 4. The number of carbonyl (C=O) groups is 2. The van der Waals surface area contributed by atoms with Crippen molar-refractivity contribution in [2.24, 2.45) is 0 Å². The van der Waals surface area contributed by atoms with E-state index < -0.39 is 5.92 Å². The number of anilines is 1. The summed E-state index contributed by atoms with van der Waals surface area (Å²) >= 11 is 12.7. The number of benzene rings is 3. The highest BCUT2D eigenvalue weighted by molar-refractivity contribution is 6.35. The first-order valence-corrected chi connectivity index (χ1v) is 11.9. The minimum Gasteiger partial charge on any atom is -0.497 e. The predicted molar refractivity (Wildman–Crippen MR) is 135 cm³/mol. The van der Waals surface area contributed by atoms with Gasteiger partial charge in [-0.05, 0) is 59.9 Å². The molecule has 2 aliphatic rings. The van der Waals surface area contributed by atoms with Gasteiger partial charge in [0.15, 0.2) is 5.78 Å². The number of halogens is 2. The molecule has 3 aromatic rings. The summed E-state index contributed by atoms with van der Waals surface area (Å²) < 4.78 is 5.28. The fourth-order valence-electron chi connectivity index (χ4n) is 5.08. The van der Waals surface area contributed by atoms with E-state index >= 15 is 0 Å². The van der Waals surface area contributed by atoms with Crippen molar-refractivity contribution in [3.8, 4) is 5.75 Å². The molecule has 0 N–H and O–H groups in total. The van der Waals surface area contributed by atoms with Crippen molar-refractivity contribution in [2.45, 2.75) is 31.1 Å². The average Bonchev–Trinajstić information content (AvgIpc) is 2.84. The first kappa shape index (κ1) is 22.7. The second-order valence-corrected chi connectivity index (χ2v) is 9.49. The maximum Gasteiger partial charge on any atom is 0.232 e. The molecule has 0 saturated heterocycles. The van der Waals surface area contributed by atoms with Gasteiger partial charge in [-0.25, -0.2) is 0 Å². The highest BCUT2D eigenvalue weighted by Crippen LogP contribution is 2.48. The van der Waals surface area contributed by atoms with Crippen LogP contribution in [0.3, 0.4) is 0 Å². The van der Waals surface area contributed by atoms with Crippen molar-refractivity contribution in [1.29, 1.82) is 0 Å². The summed E-state index contributed by atoms with van der Waals surface area (Å²) in [7, 11) is 1.60. The van der Waals surface area contributed by atoms with Gasteiger partial charge in [0.1, 0.15) is 5.75 Å². The van der Waals surface area contributed by atoms with Gasteiger partial charge in [-0.3, -0.25) is 14.5 Å². The van der Waals surface area contributed by atoms with Crippen LogP contribution in [0.15, 0.2) is 84.1 Å². The van der Waals surface area contributed by atoms with Crippen LogP contribution >= 0.6 is 23.2 Å². The smallest absolute Gasteiger partial charge is 0.232 e. The number of ketones is 1. The molecule has 4 nitrogen and oxygen atoms in total. The molecule has 172 valence electrons. The Balaban J connectivity index is 1.65. The molecule has 2 unspecified atom stereocenters. The summed E-state index contributed by atoms with van der Waals surface area (Å²) in [5.41, 5.74) is 4.00. The fourth-order valence-corrected chi connectivity index (χ4v) is 5.62. The second kappa shape index (κ2) is 9.28. The first-order chi connectivity index (χ1) is 16.5. The summed E-state index contributed by atoms with van der Waals surface area (Å²) in [6.07, 6.45) is 1.15. The van der Waals surface area contributed by atoms with Gasteiger partial charge < -0.3 is 4.74 Å². The molecule has 1 heterocycles. The fraction of sp³-hybridized carbons (Fsp3) is 0.214. The van der Waals surface area contributed by atoms with Crippen LogP contribution in [0.25, 0.3) is 0 Å². The average molecular weight is 492 g/mol. The van der Waals surface area contributed by atoms with Crippen LogP contribution in [0.5, 0.6) is 5.75 Å². The minimum absolute atomic E-state index is 0.000406. The Labute approximate surface area is 208 Å². The standard InChI is InChI=1S/C28H23Cl2NO3/c1-34-21-10-8-20(9-11-21)31-25-13-18(17-5-3-2-4-6-17)14-26(32)28(25)23(16-27(31)33)22-12-7-19(29)15-24(22)30/h2-12,15,18,23H,13-14,16H2,1H3. The molecule has 0 radical (unpaired) electrons. The molecule has 34 heavy (non-hydrogen) atoms. The van der Waals surface area contributed by atoms with Crippen LogP contribution in [0, 0.1) is 0 Å². The van der Waals surface area contributed by atoms with Crippen LogP contribution in [-0.2, 0) is 9.59 Å². The highest BCUT2D eigenvalue weighted by atomic mass is 35.5. The van der Waals surface area contributed by atoms with Gasteiger partial charge in [-0.15, -0.1) is 0 Å². The normalized spacial score (nSPS) is 20.4. The van der Waals surface area contributed by atoms with Crippen LogP contribution < -0.4 is 9.64 Å². The number of hydrogen-bond donors (Lipinski definition) is 0. The Morgan fingerprint density at radius 1 is 0.882 bits per heavy atom. The molecule has 0 saturated carbocycles. The Kier molecular flexibility index (Phi) is 6.20. The predicted octanol–water partition coefficient (Wildman–Crippen LogP) is 6.92. The summed E-state index contributed by atoms with van der Waals surface area (Å²) in [6.45, 7) is 0. The summed E-state index contributed by atoms with van der Waals surface area (Å²) in [4.78, 5) is 29.0. The summed E-state index contributed by atoms with van der Waals surface area (Å²) in [5.74, 6) is 0.292. The molecule has 5 rings (SSSR count). The lowest BCUT2D eigenvalue weighted by Gasteiger charge is -2.40. The van der Waals surface area contributed by atoms with Crippen molar-refractivity contribution >= 4 is 40.6 Å². The molecule has 3 aromatic carbocycles. The number of Topliss-reactive ketones (excluding diaryl/α,β-unsaturated/α-hetero) is 1. The van der Waals surface area contributed by atoms with E-state index in [-0.39, 0.29) is 24.0 Å². The van der Waals surface area contributed by atoms with E-state index in [2.05, 4.69) is 0 Å². The Bertz CT molecular complexity index is 1280. The van der Waals surface area contributed by atoms with Crippen molar-refractivity contribution in [1.82, 2.24) is 0 Å². The topological polar surface area (TPSA) is 46.6 Å². The second-order valence-electron chi connectivity index (χ2n) is 8.65. The maximum atomic E-state index is 13.7. The van der Waals surface area contributed by atoms with Crippen LogP contribution in [-0.4, -0.2) is 18.8 Å². The lowest BCUT2D eigenvalue weighted by atomic mass is 9.72. The first-order valence-electron chi connectivity index (χ1n) is 11.2. The number of ether oxygens (including phenoxy) is 1. The highest BCUT2D eigenvalue weighted by Gasteiger charge is 2.43. The number of amides is 1. The Morgan fingerprint density at radius 2 is 1.62 bits per heavy atom. The Hall–Kier alpha value is -3.08. The summed E-state index contributed by atoms with van der Waals surface area (Å²) in [5, 5.41) is 0.983. The van der Waals surface area contributed by atoms with Gasteiger partial charge in [-0.2, -0.15) is 0 Å².